The van der Waals surface area contributed by atoms with Crippen LogP contribution in [0.2, 0.25) is 0 Å². The van der Waals surface area contributed by atoms with Gasteiger partial charge in [0.15, 0.2) is 0 Å². The summed E-state index contributed by atoms with van der Waals surface area (Å²) in [6.45, 7) is 8.78. The van der Waals surface area contributed by atoms with Crippen molar-refractivity contribution in [2.75, 3.05) is 0 Å². The number of rotatable bonds is 6. The first-order valence-corrected chi connectivity index (χ1v) is 7.55. The summed E-state index contributed by atoms with van der Waals surface area (Å²) < 4.78 is 1.75. The summed E-state index contributed by atoms with van der Waals surface area (Å²) in [6.07, 6.45) is 2.79. The zero-order valence-electron chi connectivity index (χ0n) is 13.3. The summed E-state index contributed by atoms with van der Waals surface area (Å²) in [4.78, 5) is 27.1. The van der Waals surface area contributed by atoms with E-state index in [1.54, 1.807) is 11.5 Å². The van der Waals surface area contributed by atoms with Crippen molar-refractivity contribution in [1.29, 1.82) is 0 Å². The standard InChI is InChI=1S/C16H24N2O3/c1-10(2)16(7-8-16)9-18-12(4)13(5-6-14(19)20)11(3)17-15(18)21/h10H,5-9H2,1-4H3,(H,19,20). The number of hydrogen-bond acceptors (Lipinski definition) is 3. The molecule has 1 aromatic heterocycles. The molecule has 1 aromatic rings. The molecule has 0 radical (unpaired) electrons. The third-order valence-corrected chi connectivity index (χ3v) is 4.95. The topological polar surface area (TPSA) is 72.2 Å². The number of nitrogens with zero attached hydrogens (tertiary/aromatic N) is 2. The second-order valence-corrected chi connectivity index (χ2v) is 6.54. The number of carboxylic acids is 1. The van der Waals surface area contributed by atoms with Crippen LogP contribution in [-0.2, 0) is 17.8 Å². The highest BCUT2D eigenvalue weighted by Gasteiger charge is 2.46. The highest BCUT2D eigenvalue weighted by Crippen LogP contribution is 2.53. The lowest BCUT2D eigenvalue weighted by Gasteiger charge is -2.23. The van der Waals surface area contributed by atoms with Crippen LogP contribution in [0.15, 0.2) is 4.79 Å². The summed E-state index contributed by atoms with van der Waals surface area (Å²) in [5.41, 5.74) is 2.44. The fourth-order valence-corrected chi connectivity index (χ4v) is 3.01. The van der Waals surface area contributed by atoms with Crippen LogP contribution in [0.3, 0.4) is 0 Å². The van der Waals surface area contributed by atoms with E-state index in [4.69, 9.17) is 5.11 Å². The third kappa shape index (κ3) is 3.17. The Balaban J connectivity index is 2.35. The van der Waals surface area contributed by atoms with Crippen molar-refractivity contribution < 1.29 is 9.90 Å². The molecule has 0 bridgehead atoms. The van der Waals surface area contributed by atoms with Crippen LogP contribution in [0.25, 0.3) is 0 Å². The van der Waals surface area contributed by atoms with Crippen LogP contribution in [0.5, 0.6) is 0 Å². The Morgan fingerprint density at radius 3 is 2.48 bits per heavy atom. The molecule has 1 aliphatic carbocycles. The average molecular weight is 292 g/mol. The van der Waals surface area contributed by atoms with Gasteiger partial charge < -0.3 is 5.11 Å². The molecule has 2 rings (SSSR count). The van der Waals surface area contributed by atoms with Crippen LogP contribution in [-0.4, -0.2) is 20.6 Å². The van der Waals surface area contributed by atoms with E-state index >= 15 is 0 Å². The third-order valence-electron chi connectivity index (χ3n) is 4.95. The van der Waals surface area contributed by atoms with E-state index in [9.17, 15) is 9.59 Å². The van der Waals surface area contributed by atoms with E-state index < -0.39 is 5.97 Å². The zero-order valence-corrected chi connectivity index (χ0v) is 13.3. The molecule has 1 fully saturated rings. The molecule has 1 N–H and O–H groups in total. The van der Waals surface area contributed by atoms with E-state index in [0.717, 1.165) is 24.1 Å². The van der Waals surface area contributed by atoms with Crippen LogP contribution < -0.4 is 5.69 Å². The minimum absolute atomic E-state index is 0.0664. The van der Waals surface area contributed by atoms with Gasteiger partial charge in [-0.25, -0.2) is 4.79 Å². The number of aliphatic carboxylic acids is 1. The van der Waals surface area contributed by atoms with Crippen molar-refractivity contribution in [3.05, 3.63) is 27.4 Å². The van der Waals surface area contributed by atoms with Gasteiger partial charge in [0.05, 0.1) is 0 Å². The molecule has 5 heteroatoms. The molecule has 21 heavy (non-hydrogen) atoms. The van der Waals surface area contributed by atoms with Crippen LogP contribution in [0.4, 0.5) is 0 Å². The van der Waals surface area contributed by atoms with E-state index in [1.165, 1.54) is 0 Å². The normalized spacial score (nSPS) is 16.2. The fourth-order valence-electron chi connectivity index (χ4n) is 3.01. The van der Waals surface area contributed by atoms with Gasteiger partial charge >= 0.3 is 11.7 Å². The zero-order chi connectivity index (χ0) is 15.8. The molecule has 116 valence electrons. The number of aromatic nitrogens is 2. The first-order valence-electron chi connectivity index (χ1n) is 7.55. The van der Waals surface area contributed by atoms with Gasteiger partial charge in [0, 0.05) is 24.4 Å². The van der Waals surface area contributed by atoms with Gasteiger partial charge in [-0.3, -0.25) is 9.36 Å². The maximum absolute atomic E-state index is 12.2. The highest BCUT2D eigenvalue weighted by molar-refractivity contribution is 5.67. The highest BCUT2D eigenvalue weighted by atomic mass is 16.4. The fraction of sp³-hybridized carbons (Fsp3) is 0.688. The van der Waals surface area contributed by atoms with Gasteiger partial charge in [0.25, 0.3) is 0 Å². The van der Waals surface area contributed by atoms with E-state index in [-0.39, 0.29) is 17.5 Å². The Morgan fingerprint density at radius 1 is 1.38 bits per heavy atom. The smallest absolute Gasteiger partial charge is 0.347 e. The molecule has 0 atom stereocenters. The second kappa shape index (κ2) is 5.62. The molecule has 0 aromatic carbocycles. The molecule has 5 nitrogen and oxygen atoms in total. The number of hydrogen-bond donors (Lipinski definition) is 1. The van der Waals surface area contributed by atoms with Gasteiger partial charge in [-0.1, -0.05) is 13.8 Å². The minimum atomic E-state index is -0.826. The number of carboxylic acid groups (broad SMARTS) is 1. The minimum Gasteiger partial charge on any atom is -0.481 e. The largest absolute Gasteiger partial charge is 0.481 e. The molecule has 1 saturated carbocycles. The Bertz CT molecular complexity index is 613. The van der Waals surface area contributed by atoms with Crippen molar-refractivity contribution in [3.63, 3.8) is 0 Å². The quantitative estimate of drug-likeness (QED) is 0.873. The summed E-state index contributed by atoms with van der Waals surface area (Å²) in [5, 5.41) is 8.86. The Labute approximate surface area is 125 Å². The van der Waals surface area contributed by atoms with E-state index in [1.807, 2.05) is 6.92 Å². The lowest BCUT2D eigenvalue weighted by Crippen LogP contribution is -2.32. The van der Waals surface area contributed by atoms with E-state index in [2.05, 4.69) is 18.8 Å². The van der Waals surface area contributed by atoms with Gasteiger partial charge in [0.1, 0.15) is 0 Å². The molecular formula is C16H24N2O3. The first-order chi connectivity index (χ1) is 9.77. The molecule has 0 spiro atoms. The Hall–Kier alpha value is -1.65. The maximum Gasteiger partial charge on any atom is 0.347 e. The second-order valence-electron chi connectivity index (χ2n) is 6.54. The summed E-state index contributed by atoms with van der Waals surface area (Å²) in [6, 6.07) is 0. The Kier molecular flexibility index (Phi) is 4.21. The Morgan fingerprint density at radius 2 is 2.00 bits per heavy atom. The molecule has 0 unspecified atom stereocenters. The van der Waals surface area contributed by atoms with Gasteiger partial charge in [-0.2, -0.15) is 4.98 Å². The number of carbonyl (C=O) groups is 1. The predicted molar refractivity (Wildman–Crippen MR) is 80.4 cm³/mol. The molecule has 0 saturated heterocycles. The van der Waals surface area contributed by atoms with Crippen molar-refractivity contribution in [1.82, 2.24) is 9.55 Å². The van der Waals surface area contributed by atoms with Gasteiger partial charge in [0.2, 0.25) is 0 Å². The van der Waals surface area contributed by atoms with Crippen LogP contribution in [0, 0.1) is 25.2 Å². The summed E-state index contributed by atoms with van der Waals surface area (Å²) >= 11 is 0. The van der Waals surface area contributed by atoms with Crippen LogP contribution in [0.1, 0.15) is 50.1 Å². The summed E-state index contributed by atoms with van der Waals surface area (Å²) in [7, 11) is 0. The average Bonchev–Trinajstić information content (AvgIpc) is 3.15. The monoisotopic (exact) mass is 292 g/mol. The van der Waals surface area contributed by atoms with Crippen molar-refractivity contribution in [2.24, 2.45) is 11.3 Å². The van der Waals surface area contributed by atoms with Crippen molar-refractivity contribution >= 4 is 5.97 Å². The first kappa shape index (κ1) is 15.7. The lowest BCUT2D eigenvalue weighted by atomic mass is 9.92. The number of aryl methyl sites for hydroxylation is 1. The molecule has 0 aliphatic heterocycles. The van der Waals surface area contributed by atoms with Gasteiger partial charge in [-0.15, -0.1) is 0 Å². The van der Waals surface area contributed by atoms with Crippen LogP contribution >= 0.6 is 0 Å². The van der Waals surface area contributed by atoms with Gasteiger partial charge in [-0.05, 0) is 50.0 Å². The maximum atomic E-state index is 12.2. The lowest BCUT2D eigenvalue weighted by molar-refractivity contribution is -0.136. The molecule has 1 heterocycles. The van der Waals surface area contributed by atoms with E-state index in [0.29, 0.717) is 24.6 Å². The molecular weight excluding hydrogens is 268 g/mol. The van der Waals surface area contributed by atoms with Crippen molar-refractivity contribution in [3.8, 4) is 0 Å². The predicted octanol–water partition coefficient (Wildman–Crippen LogP) is 2.31. The molecule has 0 amide bonds. The van der Waals surface area contributed by atoms with Crippen molar-refractivity contribution in [2.45, 2.75) is 59.9 Å². The summed E-state index contributed by atoms with van der Waals surface area (Å²) in [5.74, 6) is -0.292. The molecule has 1 aliphatic rings. The SMILES string of the molecule is Cc1nc(=O)n(CC2(C(C)C)CC2)c(C)c1CCC(=O)O.